The number of allylic oxidation sites excluding steroid dienone is 2. The van der Waals surface area contributed by atoms with Gasteiger partial charge in [0.1, 0.15) is 10.3 Å². The lowest BCUT2D eigenvalue weighted by Gasteiger charge is -2.37. The Morgan fingerprint density at radius 1 is 1.39 bits per heavy atom. The molecule has 18 heavy (non-hydrogen) atoms. The van der Waals surface area contributed by atoms with Crippen molar-refractivity contribution in [3.63, 3.8) is 0 Å². The van der Waals surface area contributed by atoms with Crippen LogP contribution in [0, 0.1) is 0 Å². The number of fused-ring (bicyclic) bond motifs is 1. The number of aromatic nitrogens is 2. The monoisotopic (exact) mass is 284 g/mol. The van der Waals surface area contributed by atoms with Crippen molar-refractivity contribution in [2.24, 2.45) is 7.05 Å². The number of hydrogen-bond acceptors (Lipinski definition) is 3. The average molecular weight is 285 g/mol. The van der Waals surface area contributed by atoms with Crippen molar-refractivity contribution in [2.45, 2.75) is 25.3 Å². The van der Waals surface area contributed by atoms with Gasteiger partial charge in [0.15, 0.2) is 0 Å². The molecule has 96 valence electrons. The van der Waals surface area contributed by atoms with E-state index >= 15 is 0 Å². The van der Waals surface area contributed by atoms with E-state index in [0.717, 1.165) is 19.3 Å². The van der Waals surface area contributed by atoms with E-state index in [4.69, 9.17) is 23.2 Å². The first-order valence-electron chi connectivity index (χ1n) is 5.96. The molecule has 1 unspecified atom stereocenters. The Morgan fingerprint density at radius 2 is 2.22 bits per heavy atom. The molecule has 0 radical (unpaired) electrons. The minimum absolute atomic E-state index is 0.189. The molecule has 1 aromatic rings. The fourth-order valence-electron chi connectivity index (χ4n) is 2.61. The van der Waals surface area contributed by atoms with Gasteiger partial charge in [-0.1, -0.05) is 23.2 Å². The van der Waals surface area contributed by atoms with Crippen molar-refractivity contribution in [1.29, 1.82) is 0 Å². The molecule has 6 heteroatoms. The molecule has 1 aliphatic heterocycles. The summed E-state index contributed by atoms with van der Waals surface area (Å²) in [7, 11) is 1.98. The van der Waals surface area contributed by atoms with Crippen molar-refractivity contribution < 1.29 is 0 Å². The molecule has 3 rings (SSSR count). The summed E-state index contributed by atoms with van der Waals surface area (Å²) in [5.41, 5.74) is 5.62. The van der Waals surface area contributed by atoms with Gasteiger partial charge in [0, 0.05) is 18.3 Å². The maximum Gasteiger partial charge on any atom is 0.124 e. The maximum atomic E-state index is 6.25. The van der Waals surface area contributed by atoms with E-state index in [9.17, 15) is 0 Å². The topological polar surface area (TPSA) is 33.1 Å². The Morgan fingerprint density at radius 3 is 3.06 bits per heavy atom. The third-order valence-electron chi connectivity index (χ3n) is 3.48. The zero-order valence-corrected chi connectivity index (χ0v) is 11.5. The first kappa shape index (κ1) is 11.9. The molecule has 4 nitrogen and oxygen atoms in total. The van der Waals surface area contributed by atoms with Crippen LogP contribution in [0.25, 0.3) is 0 Å². The normalized spacial score (nSPS) is 23.1. The first-order chi connectivity index (χ1) is 8.66. The van der Waals surface area contributed by atoms with Gasteiger partial charge in [-0.25, -0.2) is 0 Å². The van der Waals surface area contributed by atoms with Crippen LogP contribution in [-0.2, 0) is 13.5 Å². The molecule has 1 aromatic heterocycles. The van der Waals surface area contributed by atoms with Gasteiger partial charge in [0.2, 0.25) is 0 Å². The number of hydrogen-bond donors (Lipinski definition) is 1. The number of aryl methyl sites for hydroxylation is 1. The molecular formula is C12H14Cl2N4. The van der Waals surface area contributed by atoms with Crippen LogP contribution in [0.3, 0.4) is 0 Å². The lowest BCUT2D eigenvalue weighted by molar-refractivity contribution is 0.192. The molecule has 0 bridgehead atoms. The Labute approximate surface area is 116 Å². The maximum absolute atomic E-state index is 6.25. The summed E-state index contributed by atoms with van der Waals surface area (Å²) >= 11 is 12.3. The Hall–Kier alpha value is -1.13. The van der Waals surface area contributed by atoms with E-state index in [-0.39, 0.29) is 6.04 Å². The van der Waals surface area contributed by atoms with Crippen LogP contribution < -0.4 is 5.43 Å². The van der Waals surface area contributed by atoms with Gasteiger partial charge in [-0.3, -0.25) is 15.1 Å². The largest absolute Gasteiger partial charge is 0.286 e. The third-order valence-corrected chi connectivity index (χ3v) is 4.00. The van der Waals surface area contributed by atoms with Gasteiger partial charge in [-0.05, 0) is 31.4 Å². The Kier molecular flexibility index (Phi) is 2.99. The van der Waals surface area contributed by atoms with E-state index in [1.807, 2.05) is 29.0 Å². The molecular weight excluding hydrogens is 271 g/mol. The van der Waals surface area contributed by atoms with E-state index in [0.29, 0.717) is 10.3 Å². The van der Waals surface area contributed by atoms with Crippen molar-refractivity contribution in [2.75, 3.05) is 0 Å². The second kappa shape index (κ2) is 4.52. The molecule has 0 saturated heterocycles. The van der Waals surface area contributed by atoms with E-state index in [1.54, 1.807) is 6.08 Å². The number of rotatable bonds is 1. The zero-order valence-electron chi connectivity index (χ0n) is 10.0. The van der Waals surface area contributed by atoms with Crippen LogP contribution in [-0.4, -0.2) is 14.8 Å². The molecule has 0 saturated carbocycles. The molecule has 0 amide bonds. The highest BCUT2D eigenvalue weighted by Gasteiger charge is 2.30. The lowest BCUT2D eigenvalue weighted by atomic mass is 9.92. The van der Waals surface area contributed by atoms with Gasteiger partial charge in [0.25, 0.3) is 0 Å². The van der Waals surface area contributed by atoms with Crippen LogP contribution >= 0.6 is 23.2 Å². The SMILES string of the molecule is Cn1ncc2c1CCCC2N1NC(Cl)=CC=C1Cl. The summed E-state index contributed by atoms with van der Waals surface area (Å²) in [5, 5.41) is 7.49. The van der Waals surface area contributed by atoms with Gasteiger partial charge in [-0.2, -0.15) is 5.10 Å². The highest BCUT2D eigenvalue weighted by Crippen LogP contribution is 2.37. The smallest absolute Gasteiger partial charge is 0.124 e. The number of nitrogens with zero attached hydrogens (tertiary/aromatic N) is 3. The molecule has 0 fully saturated rings. The summed E-state index contributed by atoms with van der Waals surface area (Å²) in [5.74, 6) is 0. The van der Waals surface area contributed by atoms with Crippen molar-refractivity contribution in [3.8, 4) is 0 Å². The van der Waals surface area contributed by atoms with Gasteiger partial charge >= 0.3 is 0 Å². The summed E-state index contributed by atoms with van der Waals surface area (Å²) in [6.07, 6.45) is 8.73. The van der Waals surface area contributed by atoms with Crippen LogP contribution in [0.2, 0.25) is 0 Å². The van der Waals surface area contributed by atoms with Crippen LogP contribution in [0.4, 0.5) is 0 Å². The van der Waals surface area contributed by atoms with Gasteiger partial charge < -0.3 is 0 Å². The Bertz CT molecular complexity index is 532. The summed E-state index contributed by atoms with van der Waals surface area (Å²) in [4.78, 5) is 0. The number of nitrogens with one attached hydrogen (secondary N) is 1. The fourth-order valence-corrected chi connectivity index (χ4v) is 2.98. The minimum Gasteiger partial charge on any atom is -0.286 e. The van der Waals surface area contributed by atoms with Gasteiger partial charge in [-0.15, -0.1) is 0 Å². The van der Waals surface area contributed by atoms with Crippen LogP contribution in [0.5, 0.6) is 0 Å². The van der Waals surface area contributed by atoms with Crippen molar-refractivity contribution >= 4 is 23.2 Å². The first-order valence-corrected chi connectivity index (χ1v) is 6.72. The second-order valence-electron chi connectivity index (χ2n) is 4.56. The number of halogens is 2. The molecule has 0 aromatic carbocycles. The second-order valence-corrected chi connectivity index (χ2v) is 5.36. The molecule has 2 aliphatic rings. The molecule has 0 spiro atoms. The highest BCUT2D eigenvalue weighted by molar-refractivity contribution is 6.31. The third kappa shape index (κ3) is 1.89. The van der Waals surface area contributed by atoms with Crippen molar-refractivity contribution in [1.82, 2.24) is 20.2 Å². The summed E-state index contributed by atoms with van der Waals surface area (Å²) < 4.78 is 1.94. The predicted molar refractivity (Wildman–Crippen MR) is 71.7 cm³/mol. The lowest BCUT2D eigenvalue weighted by Crippen LogP contribution is -2.40. The molecule has 1 N–H and O–H groups in total. The standard InChI is InChI=1S/C12H14Cl2N4/c1-17-9-3-2-4-10(8(9)7-15-17)18-12(14)6-5-11(13)16-18/h5-7,10,16H,2-4H2,1H3. The summed E-state index contributed by atoms with van der Waals surface area (Å²) in [6, 6.07) is 0.189. The van der Waals surface area contributed by atoms with E-state index < -0.39 is 0 Å². The number of hydrazine groups is 1. The Balaban J connectivity index is 1.95. The molecule has 2 heterocycles. The molecule has 1 aliphatic carbocycles. The fraction of sp³-hybridized carbons (Fsp3) is 0.417. The minimum atomic E-state index is 0.189. The van der Waals surface area contributed by atoms with Crippen LogP contribution in [0.15, 0.2) is 28.7 Å². The molecule has 1 atom stereocenters. The summed E-state index contributed by atoms with van der Waals surface area (Å²) in [6.45, 7) is 0. The highest BCUT2D eigenvalue weighted by atomic mass is 35.5. The quantitative estimate of drug-likeness (QED) is 0.805. The average Bonchev–Trinajstić information content (AvgIpc) is 2.75. The van der Waals surface area contributed by atoms with Gasteiger partial charge in [0.05, 0.1) is 12.2 Å². The van der Waals surface area contributed by atoms with E-state index in [2.05, 4.69) is 10.5 Å². The predicted octanol–water partition coefficient (Wildman–Crippen LogP) is 2.78. The zero-order chi connectivity index (χ0) is 12.7. The van der Waals surface area contributed by atoms with Crippen LogP contribution in [0.1, 0.15) is 30.1 Å². The van der Waals surface area contributed by atoms with Crippen molar-refractivity contribution in [3.05, 3.63) is 39.9 Å². The van der Waals surface area contributed by atoms with E-state index in [1.165, 1.54) is 11.3 Å².